The number of methoxy groups -OCH3 is 1. The van der Waals surface area contributed by atoms with Crippen LogP contribution in [0.4, 0.5) is 16.2 Å². The molecule has 32 heavy (non-hydrogen) atoms. The van der Waals surface area contributed by atoms with Gasteiger partial charge in [-0.2, -0.15) is 5.10 Å². The van der Waals surface area contributed by atoms with Crippen LogP contribution >= 0.6 is 0 Å². The van der Waals surface area contributed by atoms with Crippen molar-refractivity contribution in [1.29, 1.82) is 0 Å². The molecule has 0 atom stereocenters. The zero-order chi connectivity index (χ0) is 21.9. The first-order valence-electron chi connectivity index (χ1n) is 9.92. The minimum atomic E-state index is -0.338. The zero-order valence-corrected chi connectivity index (χ0v) is 17.1. The van der Waals surface area contributed by atoms with Crippen LogP contribution in [0.3, 0.4) is 0 Å². The maximum absolute atomic E-state index is 12.3. The lowest BCUT2D eigenvalue weighted by Gasteiger charge is -2.09. The van der Waals surface area contributed by atoms with E-state index in [9.17, 15) is 4.79 Å². The third-order valence-electron chi connectivity index (χ3n) is 4.93. The quantitative estimate of drug-likeness (QED) is 0.343. The maximum atomic E-state index is 12.3. The summed E-state index contributed by atoms with van der Waals surface area (Å²) in [5.74, 6) is 1.22. The number of urea groups is 1. The van der Waals surface area contributed by atoms with Crippen LogP contribution in [0.2, 0.25) is 0 Å². The summed E-state index contributed by atoms with van der Waals surface area (Å²) in [5.41, 5.74) is 5.17. The second kappa shape index (κ2) is 8.27. The Hall–Kier alpha value is -4.59. The molecule has 0 saturated heterocycles. The number of rotatable bonds is 5. The monoisotopic (exact) mass is 425 g/mol. The lowest BCUT2D eigenvalue weighted by molar-refractivity contribution is 0.262. The number of amides is 2. The fourth-order valence-electron chi connectivity index (χ4n) is 3.34. The van der Waals surface area contributed by atoms with E-state index in [1.54, 1.807) is 37.6 Å². The molecular formula is C24H19N5O3. The highest BCUT2D eigenvalue weighted by Gasteiger charge is 2.16. The summed E-state index contributed by atoms with van der Waals surface area (Å²) in [6.45, 7) is 0. The smallest absolute Gasteiger partial charge is 0.323 e. The van der Waals surface area contributed by atoms with Gasteiger partial charge in [0.25, 0.3) is 0 Å². The third kappa shape index (κ3) is 3.89. The van der Waals surface area contributed by atoms with Gasteiger partial charge < -0.3 is 19.8 Å². The fraction of sp³-hybridized carbons (Fsp3) is 0.0417. The van der Waals surface area contributed by atoms with Crippen molar-refractivity contribution < 1.29 is 13.9 Å². The zero-order valence-electron chi connectivity index (χ0n) is 17.1. The number of benzene rings is 3. The topological polar surface area (TPSA) is 105 Å². The highest BCUT2D eigenvalue weighted by atomic mass is 16.5. The van der Waals surface area contributed by atoms with Crippen molar-refractivity contribution in [3.05, 3.63) is 79.0 Å². The molecule has 0 radical (unpaired) electrons. The van der Waals surface area contributed by atoms with Crippen LogP contribution in [0.15, 0.2) is 83.4 Å². The number of aromatic amines is 1. The largest absolute Gasteiger partial charge is 0.497 e. The summed E-state index contributed by atoms with van der Waals surface area (Å²) in [4.78, 5) is 16.8. The Morgan fingerprint density at radius 2 is 1.62 bits per heavy atom. The standard InChI is InChI=1S/C24H19N5O3/c1-31-18-12-10-17(11-13-18)27-24(30)26-16-8-6-15(7-9-16)22-19(14-25-29-22)23-28-20-4-2-3-5-21(20)32-23/h2-14H,1H3,(H,25,29)(H2,26,27,30). The lowest BCUT2D eigenvalue weighted by Crippen LogP contribution is -2.19. The summed E-state index contributed by atoms with van der Waals surface area (Å²) < 4.78 is 11.0. The number of fused-ring (bicyclic) bond motifs is 1. The molecule has 5 rings (SSSR count). The van der Waals surface area contributed by atoms with Crippen molar-refractivity contribution in [1.82, 2.24) is 15.2 Å². The maximum Gasteiger partial charge on any atom is 0.323 e. The van der Waals surface area contributed by atoms with Gasteiger partial charge in [0.15, 0.2) is 5.58 Å². The number of H-pyrrole nitrogens is 1. The van der Waals surface area contributed by atoms with Crippen LogP contribution in [-0.4, -0.2) is 28.3 Å². The molecule has 5 aromatic rings. The molecule has 158 valence electrons. The molecule has 2 aromatic heterocycles. The van der Waals surface area contributed by atoms with E-state index in [-0.39, 0.29) is 6.03 Å². The van der Waals surface area contributed by atoms with Crippen molar-refractivity contribution in [2.45, 2.75) is 0 Å². The Kier molecular flexibility index (Phi) is 5.01. The summed E-state index contributed by atoms with van der Waals surface area (Å²) in [6, 6.07) is 21.8. The van der Waals surface area contributed by atoms with Gasteiger partial charge in [-0.15, -0.1) is 0 Å². The van der Waals surface area contributed by atoms with Gasteiger partial charge >= 0.3 is 6.03 Å². The molecule has 0 aliphatic rings. The Morgan fingerprint density at radius 1 is 0.938 bits per heavy atom. The van der Waals surface area contributed by atoms with Crippen LogP contribution in [0.25, 0.3) is 33.8 Å². The van der Waals surface area contributed by atoms with Crippen LogP contribution < -0.4 is 15.4 Å². The number of aromatic nitrogens is 3. The molecule has 2 heterocycles. The molecular weight excluding hydrogens is 406 g/mol. The van der Waals surface area contributed by atoms with E-state index in [0.29, 0.717) is 23.0 Å². The van der Waals surface area contributed by atoms with Gasteiger partial charge in [-0.05, 0) is 48.5 Å². The number of carbonyl (C=O) groups is 1. The van der Waals surface area contributed by atoms with Crippen LogP contribution in [0, 0.1) is 0 Å². The molecule has 8 nitrogen and oxygen atoms in total. The summed E-state index contributed by atoms with van der Waals surface area (Å²) in [6.07, 6.45) is 1.76. The number of oxazole rings is 1. The summed E-state index contributed by atoms with van der Waals surface area (Å²) >= 11 is 0. The molecule has 0 fully saturated rings. The first kappa shape index (κ1) is 19.4. The third-order valence-corrected chi connectivity index (χ3v) is 4.93. The molecule has 0 spiro atoms. The van der Waals surface area contributed by atoms with E-state index in [1.165, 1.54) is 0 Å². The Labute approximate surface area is 183 Å². The van der Waals surface area contributed by atoms with Crippen molar-refractivity contribution in [2.24, 2.45) is 0 Å². The van der Waals surface area contributed by atoms with Gasteiger partial charge in [-0.1, -0.05) is 24.3 Å². The SMILES string of the molecule is COc1ccc(NC(=O)Nc2ccc(-c3n[nH]cc3-c3nc4ccccc4o3)cc2)cc1. The number of hydrogen-bond acceptors (Lipinski definition) is 5. The van der Waals surface area contributed by atoms with Gasteiger partial charge in [0, 0.05) is 23.1 Å². The number of nitrogens with one attached hydrogen (secondary N) is 3. The molecule has 3 N–H and O–H groups in total. The molecule has 0 aliphatic heterocycles. The van der Waals surface area contributed by atoms with Gasteiger partial charge in [0.05, 0.1) is 12.7 Å². The minimum absolute atomic E-state index is 0.338. The molecule has 8 heteroatoms. The van der Waals surface area contributed by atoms with Crippen molar-refractivity contribution in [3.8, 4) is 28.5 Å². The molecule has 2 amide bonds. The molecule has 0 saturated carbocycles. The number of anilines is 2. The predicted molar refractivity (Wildman–Crippen MR) is 123 cm³/mol. The summed E-state index contributed by atoms with van der Waals surface area (Å²) in [5, 5.41) is 12.8. The van der Waals surface area contributed by atoms with E-state index in [4.69, 9.17) is 9.15 Å². The predicted octanol–water partition coefficient (Wildman–Crippen LogP) is 5.54. The van der Waals surface area contributed by atoms with E-state index in [0.717, 1.165) is 28.0 Å². The van der Waals surface area contributed by atoms with Gasteiger partial charge in [0.2, 0.25) is 5.89 Å². The van der Waals surface area contributed by atoms with Crippen LogP contribution in [-0.2, 0) is 0 Å². The van der Waals surface area contributed by atoms with E-state index in [1.807, 2.05) is 48.5 Å². The number of nitrogens with zero attached hydrogens (tertiary/aromatic N) is 2. The second-order valence-electron chi connectivity index (χ2n) is 7.02. The van der Waals surface area contributed by atoms with E-state index >= 15 is 0 Å². The first-order valence-corrected chi connectivity index (χ1v) is 9.92. The fourth-order valence-corrected chi connectivity index (χ4v) is 3.34. The van der Waals surface area contributed by atoms with Crippen LogP contribution in [0.1, 0.15) is 0 Å². The normalized spacial score (nSPS) is 10.8. The minimum Gasteiger partial charge on any atom is -0.497 e. The van der Waals surface area contributed by atoms with Gasteiger partial charge in [0.1, 0.15) is 17.0 Å². The van der Waals surface area contributed by atoms with Crippen LogP contribution in [0.5, 0.6) is 5.75 Å². The Balaban J connectivity index is 1.31. The highest BCUT2D eigenvalue weighted by Crippen LogP contribution is 2.32. The number of hydrogen-bond donors (Lipinski definition) is 3. The van der Waals surface area contributed by atoms with Crippen molar-refractivity contribution in [2.75, 3.05) is 17.7 Å². The second-order valence-corrected chi connectivity index (χ2v) is 7.02. The van der Waals surface area contributed by atoms with Gasteiger partial charge in [-0.3, -0.25) is 5.10 Å². The average Bonchev–Trinajstić information content (AvgIpc) is 3.47. The average molecular weight is 425 g/mol. The lowest BCUT2D eigenvalue weighted by atomic mass is 10.1. The molecule has 0 bridgehead atoms. The molecule has 3 aromatic carbocycles. The number of ether oxygens (including phenoxy) is 1. The molecule has 0 unspecified atom stereocenters. The van der Waals surface area contributed by atoms with Crippen molar-refractivity contribution >= 4 is 28.5 Å². The molecule has 0 aliphatic carbocycles. The highest BCUT2D eigenvalue weighted by molar-refractivity contribution is 6.00. The summed E-state index contributed by atoms with van der Waals surface area (Å²) in [7, 11) is 1.60. The van der Waals surface area contributed by atoms with E-state index < -0.39 is 0 Å². The van der Waals surface area contributed by atoms with E-state index in [2.05, 4.69) is 25.8 Å². The number of para-hydroxylation sites is 2. The van der Waals surface area contributed by atoms with Crippen molar-refractivity contribution in [3.63, 3.8) is 0 Å². The first-order chi connectivity index (χ1) is 15.7. The van der Waals surface area contributed by atoms with Gasteiger partial charge in [-0.25, -0.2) is 9.78 Å². The number of carbonyl (C=O) groups excluding carboxylic acids is 1. The Bertz CT molecular complexity index is 1340. The Morgan fingerprint density at radius 3 is 2.31 bits per heavy atom.